The van der Waals surface area contributed by atoms with Gasteiger partial charge in [0.25, 0.3) is 0 Å². The van der Waals surface area contributed by atoms with Gasteiger partial charge < -0.3 is 15.4 Å². The van der Waals surface area contributed by atoms with Crippen LogP contribution < -0.4 is 10.6 Å². The fourth-order valence-electron chi connectivity index (χ4n) is 2.13. The average molecular weight is 344 g/mol. The first-order chi connectivity index (χ1) is 11.7. The Kier molecular flexibility index (Phi) is 8.17. The van der Waals surface area contributed by atoms with Crippen molar-refractivity contribution in [2.24, 2.45) is 0 Å². The number of aromatic nitrogens is 1. The van der Waals surface area contributed by atoms with Crippen molar-refractivity contribution in [3.8, 4) is 0 Å². The number of thiocarbonyl (C=S) groups is 1. The van der Waals surface area contributed by atoms with Gasteiger partial charge in [0, 0.05) is 25.8 Å². The fraction of sp³-hybridized carbons (Fsp3) is 0.333. The Balaban J connectivity index is 1.50. The Morgan fingerprint density at radius 1 is 1.12 bits per heavy atom. The number of nitrogens with zero attached hydrogens (tertiary/aromatic N) is 2. The van der Waals surface area contributed by atoms with Crippen molar-refractivity contribution in [1.82, 2.24) is 15.2 Å². The second kappa shape index (κ2) is 10.7. The molecule has 2 rings (SSSR count). The van der Waals surface area contributed by atoms with Crippen LogP contribution in [-0.2, 0) is 11.3 Å². The minimum atomic E-state index is 0.554. The van der Waals surface area contributed by atoms with E-state index in [1.807, 2.05) is 24.3 Å². The van der Waals surface area contributed by atoms with E-state index in [1.54, 1.807) is 6.20 Å². The van der Waals surface area contributed by atoms with Crippen molar-refractivity contribution >= 4 is 23.1 Å². The van der Waals surface area contributed by atoms with Crippen LogP contribution in [0.1, 0.15) is 5.56 Å². The third-order valence-electron chi connectivity index (χ3n) is 3.35. The zero-order valence-electron chi connectivity index (χ0n) is 13.9. The molecule has 1 heterocycles. The number of pyridine rings is 1. The van der Waals surface area contributed by atoms with Crippen molar-refractivity contribution in [2.45, 2.75) is 6.54 Å². The predicted molar refractivity (Wildman–Crippen MR) is 102 cm³/mol. The Morgan fingerprint density at radius 3 is 2.67 bits per heavy atom. The lowest BCUT2D eigenvalue weighted by Gasteiger charge is -2.17. The molecule has 0 saturated carbocycles. The fourth-order valence-corrected chi connectivity index (χ4v) is 2.34. The van der Waals surface area contributed by atoms with Gasteiger partial charge in [0.1, 0.15) is 5.82 Å². The summed E-state index contributed by atoms with van der Waals surface area (Å²) in [6.07, 6.45) is 1.72. The molecular weight excluding hydrogens is 320 g/mol. The molecule has 2 aromatic rings. The molecule has 24 heavy (non-hydrogen) atoms. The van der Waals surface area contributed by atoms with E-state index in [1.165, 1.54) is 5.56 Å². The maximum Gasteiger partial charge on any atom is 0.172 e. The normalized spacial score (nSPS) is 10.6. The van der Waals surface area contributed by atoms with Crippen molar-refractivity contribution in [2.75, 3.05) is 38.7 Å². The van der Waals surface area contributed by atoms with Crippen molar-refractivity contribution in [3.05, 3.63) is 60.3 Å². The molecule has 6 heteroatoms. The minimum Gasteiger partial charge on any atom is -0.378 e. The number of hydrogen-bond acceptors (Lipinski definition) is 4. The molecule has 128 valence electrons. The number of ether oxygens (including phenoxy) is 1. The Hall–Kier alpha value is -2.02. The van der Waals surface area contributed by atoms with Gasteiger partial charge in [-0.15, -0.1) is 0 Å². The number of likely N-dealkylation sites (N-methyl/N-ethyl adjacent to an activating group) is 1. The van der Waals surface area contributed by atoms with E-state index in [4.69, 9.17) is 17.0 Å². The van der Waals surface area contributed by atoms with Gasteiger partial charge >= 0.3 is 0 Å². The van der Waals surface area contributed by atoms with Gasteiger partial charge in [0.05, 0.1) is 13.2 Å². The van der Waals surface area contributed by atoms with Crippen LogP contribution in [0.15, 0.2) is 54.7 Å². The summed E-state index contributed by atoms with van der Waals surface area (Å²) in [7, 11) is 2.10. The van der Waals surface area contributed by atoms with Crippen LogP contribution in [0, 0.1) is 0 Å². The first-order valence-corrected chi connectivity index (χ1v) is 8.41. The number of hydrogen-bond donors (Lipinski definition) is 2. The quantitative estimate of drug-likeness (QED) is 0.538. The Morgan fingerprint density at radius 2 is 1.92 bits per heavy atom. The van der Waals surface area contributed by atoms with Crippen molar-refractivity contribution < 1.29 is 4.74 Å². The lowest BCUT2D eigenvalue weighted by Crippen LogP contribution is -2.32. The molecule has 5 nitrogen and oxygen atoms in total. The number of anilines is 1. The van der Waals surface area contributed by atoms with Gasteiger partial charge in [-0.3, -0.25) is 4.90 Å². The van der Waals surface area contributed by atoms with Gasteiger partial charge in [-0.05, 0) is 37.0 Å². The van der Waals surface area contributed by atoms with Crippen LogP contribution in [0.5, 0.6) is 0 Å². The monoisotopic (exact) mass is 344 g/mol. The third-order valence-corrected chi connectivity index (χ3v) is 3.60. The summed E-state index contributed by atoms with van der Waals surface area (Å²) in [5, 5.41) is 6.68. The van der Waals surface area contributed by atoms with Crippen LogP contribution in [-0.4, -0.2) is 48.3 Å². The highest BCUT2D eigenvalue weighted by Gasteiger charge is 2.00. The molecule has 0 spiro atoms. The van der Waals surface area contributed by atoms with Crippen LogP contribution in [0.25, 0.3) is 0 Å². The summed E-state index contributed by atoms with van der Waals surface area (Å²) in [5.41, 5.74) is 1.31. The third kappa shape index (κ3) is 7.50. The maximum absolute atomic E-state index is 5.64. The molecule has 0 aliphatic carbocycles. The Labute approximate surface area is 149 Å². The predicted octanol–water partition coefficient (Wildman–Crippen LogP) is 2.52. The zero-order chi connectivity index (χ0) is 17.0. The van der Waals surface area contributed by atoms with Gasteiger partial charge in [0.2, 0.25) is 0 Å². The molecular formula is C18H24N4OS. The second-order valence-electron chi connectivity index (χ2n) is 5.43. The molecule has 0 radical (unpaired) electrons. The van der Waals surface area contributed by atoms with Gasteiger partial charge in [-0.1, -0.05) is 36.4 Å². The first-order valence-electron chi connectivity index (χ1n) is 8.00. The lowest BCUT2D eigenvalue weighted by atomic mass is 10.2. The van der Waals surface area contributed by atoms with Crippen molar-refractivity contribution in [1.29, 1.82) is 0 Å². The van der Waals surface area contributed by atoms with Crippen molar-refractivity contribution in [3.63, 3.8) is 0 Å². The molecule has 0 fully saturated rings. The van der Waals surface area contributed by atoms with E-state index in [2.05, 4.69) is 51.8 Å². The molecule has 0 saturated heterocycles. The number of nitrogens with one attached hydrogen (secondary N) is 2. The number of benzene rings is 1. The largest absolute Gasteiger partial charge is 0.378 e. The van der Waals surface area contributed by atoms with Gasteiger partial charge in [0.15, 0.2) is 5.11 Å². The SMILES string of the molecule is CN(CCOCCNC(=S)Nc1ccccn1)Cc1ccccc1. The molecule has 0 aliphatic rings. The zero-order valence-corrected chi connectivity index (χ0v) is 14.8. The van der Waals surface area contributed by atoms with E-state index >= 15 is 0 Å². The molecule has 0 aliphatic heterocycles. The van der Waals surface area contributed by atoms with Gasteiger partial charge in [-0.25, -0.2) is 4.98 Å². The molecule has 2 N–H and O–H groups in total. The van der Waals surface area contributed by atoms with Crippen LogP contribution >= 0.6 is 12.2 Å². The molecule has 0 unspecified atom stereocenters. The summed E-state index contributed by atoms with van der Waals surface area (Å²) < 4.78 is 5.64. The lowest BCUT2D eigenvalue weighted by molar-refractivity contribution is 0.114. The van der Waals surface area contributed by atoms with E-state index in [9.17, 15) is 0 Å². The Bertz CT molecular complexity index is 594. The highest BCUT2D eigenvalue weighted by Crippen LogP contribution is 2.02. The average Bonchev–Trinajstić information content (AvgIpc) is 2.60. The molecule has 1 aromatic heterocycles. The van der Waals surface area contributed by atoms with E-state index < -0.39 is 0 Å². The molecule has 1 aromatic carbocycles. The highest BCUT2D eigenvalue weighted by atomic mass is 32.1. The van der Waals surface area contributed by atoms with Gasteiger partial charge in [-0.2, -0.15) is 0 Å². The summed E-state index contributed by atoms with van der Waals surface area (Å²) in [6, 6.07) is 16.1. The van der Waals surface area contributed by atoms with Crippen LogP contribution in [0.2, 0.25) is 0 Å². The summed E-state index contributed by atoms with van der Waals surface area (Å²) >= 11 is 5.20. The summed E-state index contributed by atoms with van der Waals surface area (Å²) in [6.45, 7) is 3.81. The minimum absolute atomic E-state index is 0.554. The van der Waals surface area contributed by atoms with E-state index in [0.717, 1.165) is 18.9 Å². The smallest absolute Gasteiger partial charge is 0.172 e. The van der Waals surface area contributed by atoms with Crippen LogP contribution in [0.4, 0.5) is 5.82 Å². The van der Waals surface area contributed by atoms with E-state index in [0.29, 0.717) is 24.9 Å². The summed E-state index contributed by atoms with van der Waals surface area (Å²) in [5.74, 6) is 0.735. The standard InChI is InChI=1S/C18H24N4OS/c1-22(15-16-7-3-2-4-8-16)12-14-23-13-11-20-18(24)21-17-9-5-6-10-19-17/h2-10H,11-15H2,1H3,(H2,19,20,21,24). The van der Waals surface area contributed by atoms with Crippen LogP contribution in [0.3, 0.4) is 0 Å². The topological polar surface area (TPSA) is 49.4 Å². The molecule has 0 amide bonds. The second-order valence-corrected chi connectivity index (χ2v) is 5.84. The van der Waals surface area contributed by atoms with E-state index in [-0.39, 0.29) is 0 Å². The highest BCUT2D eigenvalue weighted by molar-refractivity contribution is 7.80. The molecule has 0 atom stereocenters. The maximum atomic E-state index is 5.64. The molecule has 0 bridgehead atoms. The first kappa shape index (κ1) is 18.3. The number of rotatable bonds is 9. The summed E-state index contributed by atoms with van der Waals surface area (Å²) in [4.78, 5) is 6.40.